The molecule has 2 amide bonds. The number of carboxylic acids is 1. The Morgan fingerprint density at radius 1 is 0.935 bits per heavy atom. The van der Waals surface area contributed by atoms with Crippen molar-refractivity contribution >= 4 is 17.8 Å². The van der Waals surface area contributed by atoms with Crippen LogP contribution in [-0.2, 0) is 32.6 Å². The lowest BCUT2D eigenvalue weighted by Gasteiger charge is -2.22. The van der Waals surface area contributed by atoms with E-state index in [1.54, 1.807) is 6.07 Å². The summed E-state index contributed by atoms with van der Waals surface area (Å²) >= 11 is 0. The van der Waals surface area contributed by atoms with Crippen LogP contribution in [-0.4, -0.2) is 35.0 Å². The standard InChI is InChI=1S/C24H29FN2O4/c1-15(28)26-20(14-17-7-5-6-8-19(17)25)22(29)27-21(23(30)31)13-16-9-11-18(12-10-16)24(2,3)4/h5-12,20-21H,13-14H2,1-4H3,(H,26,28)(H,27,29)(H,30,31)/t20-,21+/m1/s1. The van der Waals surface area contributed by atoms with Crippen LogP contribution in [0.3, 0.4) is 0 Å². The first-order valence-corrected chi connectivity index (χ1v) is 10.1. The van der Waals surface area contributed by atoms with E-state index in [1.807, 2.05) is 24.3 Å². The fourth-order valence-corrected chi connectivity index (χ4v) is 3.19. The van der Waals surface area contributed by atoms with Crippen molar-refractivity contribution in [2.45, 2.75) is 58.0 Å². The molecule has 0 unspecified atom stereocenters. The molecule has 0 radical (unpaired) electrons. The number of amides is 2. The van der Waals surface area contributed by atoms with E-state index in [9.17, 15) is 23.9 Å². The van der Waals surface area contributed by atoms with Gasteiger partial charge >= 0.3 is 5.97 Å². The van der Waals surface area contributed by atoms with Gasteiger partial charge in [0.25, 0.3) is 0 Å². The monoisotopic (exact) mass is 428 g/mol. The maximum atomic E-state index is 14.0. The van der Waals surface area contributed by atoms with Crippen LogP contribution in [0.15, 0.2) is 48.5 Å². The minimum atomic E-state index is -1.19. The van der Waals surface area contributed by atoms with E-state index in [4.69, 9.17) is 0 Å². The molecule has 7 heteroatoms. The first kappa shape index (κ1) is 24.1. The molecule has 0 saturated heterocycles. The van der Waals surface area contributed by atoms with Crippen LogP contribution in [0, 0.1) is 5.82 Å². The molecule has 166 valence electrons. The number of halogens is 1. The SMILES string of the molecule is CC(=O)N[C@H](Cc1ccccc1F)C(=O)N[C@@H](Cc1ccc(C(C)(C)C)cc1)C(=O)O. The average molecular weight is 429 g/mol. The van der Waals surface area contributed by atoms with Crippen molar-refractivity contribution in [2.75, 3.05) is 0 Å². The number of carbonyl (C=O) groups is 3. The second kappa shape index (κ2) is 10.2. The Kier molecular flexibility index (Phi) is 7.91. The minimum absolute atomic E-state index is 0.0305. The number of carbonyl (C=O) groups excluding carboxylic acids is 2. The molecule has 0 fully saturated rings. The van der Waals surface area contributed by atoms with Crippen LogP contribution in [0.4, 0.5) is 4.39 Å². The predicted molar refractivity (Wildman–Crippen MR) is 116 cm³/mol. The number of nitrogens with one attached hydrogen (secondary N) is 2. The third-order valence-electron chi connectivity index (χ3n) is 4.95. The first-order valence-electron chi connectivity index (χ1n) is 10.1. The zero-order valence-electron chi connectivity index (χ0n) is 18.2. The third kappa shape index (κ3) is 7.20. The van der Waals surface area contributed by atoms with Gasteiger partial charge in [-0.15, -0.1) is 0 Å². The van der Waals surface area contributed by atoms with Gasteiger partial charge in [-0.05, 0) is 28.2 Å². The van der Waals surface area contributed by atoms with Crippen molar-refractivity contribution in [3.05, 3.63) is 71.0 Å². The Morgan fingerprint density at radius 2 is 1.55 bits per heavy atom. The number of rotatable bonds is 8. The van der Waals surface area contributed by atoms with E-state index in [0.29, 0.717) is 0 Å². The molecule has 31 heavy (non-hydrogen) atoms. The second-order valence-corrected chi connectivity index (χ2v) is 8.60. The third-order valence-corrected chi connectivity index (χ3v) is 4.95. The number of hydrogen-bond acceptors (Lipinski definition) is 3. The number of aliphatic carboxylic acids is 1. The number of benzene rings is 2. The molecule has 6 nitrogen and oxygen atoms in total. The fraction of sp³-hybridized carbons (Fsp3) is 0.375. The molecule has 0 aliphatic heterocycles. The molecule has 0 aliphatic rings. The fourth-order valence-electron chi connectivity index (χ4n) is 3.19. The van der Waals surface area contributed by atoms with Crippen molar-refractivity contribution in [1.29, 1.82) is 0 Å². The van der Waals surface area contributed by atoms with E-state index >= 15 is 0 Å². The van der Waals surface area contributed by atoms with Crippen LogP contribution in [0.1, 0.15) is 44.4 Å². The van der Waals surface area contributed by atoms with Crippen molar-refractivity contribution in [2.24, 2.45) is 0 Å². The Hall–Kier alpha value is -3.22. The highest BCUT2D eigenvalue weighted by molar-refractivity contribution is 5.90. The lowest BCUT2D eigenvalue weighted by atomic mass is 9.86. The largest absolute Gasteiger partial charge is 0.480 e. The zero-order valence-corrected chi connectivity index (χ0v) is 18.2. The van der Waals surface area contributed by atoms with Gasteiger partial charge < -0.3 is 15.7 Å². The lowest BCUT2D eigenvalue weighted by molar-refractivity contribution is -0.142. The molecule has 0 bridgehead atoms. The molecule has 2 atom stereocenters. The number of carboxylic acid groups (broad SMARTS) is 1. The van der Waals surface area contributed by atoms with Crippen LogP contribution in [0.2, 0.25) is 0 Å². The zero-order chi connectivity index (χ0) is 23.2. The van der Waals surface area contributed by atoms with Gasteiger partial charge in [-0.2, -0.15) is 0 Å². The van der Waals surface area contributed by atoms with Crippen molar-refractivity contribution < 1.29 is 23.9 Å². The Bertz CT molecular complexity index is 935. The summed E-state index contributed by atoms with van der Waals surface area (Å²) in [6, 6.07) is 11.2. The second-order valence-electron chi connectivity index (χ2n) is 8.60. The Morgan fingerprint density at radius 3 is 2.06 bits per heavy atom. The van der Waals surface area contributed by atoms with E-state index in [2.05, 4.69) is 31.4 Å². The summed E-state index contributed by atoms with van der Waals surface area (Å²) in [5.74, 6) is -2.85. The van der Waals surface area contributed by atoms with Gasteiger partial charge in [-0.25, -0.2) is 9.18 Å². The summed E-state index contributed by atoms with van der Waals surface area (Å²) < 4.78 is 14.0. The summed E-state index contributed by atoms with van der Waals surface area (Å²) in [5, 5.41) is 14.6. The molecule has 0 heterocycles. The van der Waals surface area contributed by atoms with Gasteiger partial charge in [-0.1, -0.05) is 63.2 Å². The summed E-state index contributed by atoms with van der Waals surface area (Å²) in [7, 11) is 0. The van der Waals surface area contributed by atoms with Crippen LogP contribution in [0.25, 0.3) is 0 Å². The molecule has 0 saturated carbocycles. The average Bonchev–Trinajstić information content (AvgIpc) is 2.67. The highest BCUT2D eigenvalue weighted by Crippen LogP contribution is 2.22. The molecule has 2 aromatic rings. The maximum Gasteiger partial charge on any atom is 0.326 e. The Labute approximate surface area is 181 Å². The summed E-state index contributed by atoms with van der Waals surface area (Å²) in [6.45, 7) is 7.49. The van der Waals surface area contributed by atoms with E-state index in [0.717, 1.165) is 11.1 Å². The molecule has 0 aliphatic carbocycles. The van der Waals surface area contributed by atoms with E-state index in [-0.39, 0.29) is 23.8 Å². The lowest BCUT2D eigenvalue weighted by Crippen LogP contribution is -2.52. The van der Waals surface area contributed by atoms with E-state index in [1.165, 1.54) is 25.1 Å². The van der Waals surface area contributed by atoms with Crippen LogP contribution in [0.5, 0.6) is 0 Å². The van der Waals surface area contributed by atoms with Gasteiger partial charge in [0.1, 0.15) is 17.9 Å². The molecule has 2 rings (SSSR count). The van der Waals surface area contributed by atoms with Crippen molar-refractivity contribution in [1.82, 2.24) is 10.6 Å². The molecule has 0 aromatic heterocycles. The smallest absolute Gasteiger partial charge is 0.326 e. The Balaban J connectivity index is 2.15. The summed E-state index contributed by atoms with van der Waals surface area (Å²) in [6.07, 6.45) is -0.0112. The van der Waals surface area contributed by atoms with Gasteiger partial charge in [0, 0.05) is 19.8 Å². The van der Waals surface area contributed by atoms with Gasteiger partial charge in [0.15, 0.2) is 0 Å². The van der Waals surface area contributed by atoms with Crippen LogP contribution >= 0.6 is 0 Å². The van der Waals surface area contributed by atoms with Crippen molar-refractivity contribution in [3.8, 4) is 0 Å². The van der Waals surface area contributed by atoms with Crippen molar-refractivity contribution in [3.63, 3.8) is 0 Å². The summed E-state index contributed by atoms with van der Waals surface area (Å²) in [5.41, 5.74) is 2.09. The first-order chi connectivity index (χ1) is 14.5. The molecule has 3 N–H and O–H groups in total. The molecule has 0 spiro atoms. The predicted octanol–water partition coefficient (Wildman–Crippen LogP) is 2.98. The van der Waals surface area contributed by atoms with Crippen LogP contribution < -0.4 is 10.6 Å². The van der Waals surface area contributed by atoms with E-state index < -0.39 is 35.7 Å². The van der Waals surface area contributed by atoms with Gasteiger partial charge in [-0.3, -0.25) is 9.59 Å². The quantitative estimate of drug-likeness (QED) is 0.602. The highest BCUT2D eigenvalue weighted by atomic mass is 19.1. The van der Waals surface area contributed by atoms with Gasteiger partial charge in [0.2, 0.25) is 11.8 Å². The molecular weight excluding hydrogens is 399 g/mol. The number of hydrogen-bond donors (Lipinski definition) is 3. The normalized spacial score (nSPS) is 13.2. The highest BCUT2D eigenvalue weighted by Gasteiger charge is 2.27. The minimum Gasteiger partial charge on any atom is -0.480 e. The topological polar surface area (TPSA) is 95.5 Å². The molecular formula is C24H29FN2O4. The summed E-state index contributed by atoms with van der Waals surface area (Å²) in [4.78, 5) is 36.1. The maximum absolute atomic E-state index is 14.0. The van der Waals surface area contributed by atoms with Gasteiger partial charge in [0.05, 0.1) is 0 Å². The molecule has 2 aromatic carbocycles.